The maximum atomic E-state index is 9.88. The summed E-state index contributed by atoms with van der Waals surface area (Å²) in [5, 5.41) is 9.88. The Labute approximate surface area is 101 Å². The van der Waals surface area contributed by atoms with E-state index >= 15 is 0 Å². The smallest absolute Gasteiger partial charge is 0.109 e. The number of hydrogen-bond donors (Lipinski definition) is 1. The molecule has 1 aliphatic rings. The van der Waals surface area contributed by atoms with Gasteiger partial charge in [0.15, 0.2) is 0 Å². The predicted molar refractivity (Wildman–Crippen MR) is 67.8 cm³/mol. The van der Waals surface area contributed by atoms with Gasteiger partial charge in [0, 0.05) is 13.5 Å². The highest BCUT2D eigenvalue weighted by atomic mass is 16.3. The van der Waals surface area contributed by atoms with Gasteiger partial charge in [-0.2, -0.15) is 0 Å². The van der Waals surface area contributed by atoms with Gasteiger partial charge in [-0.3, -0.25) is 0 Å². The molecule has 0 radical (unpaired) electrons. The molecule has 3 heteroatoms. The molecule has 2 aromatic rings. The number of nitrogens with zero attached hydrogens (tertiary/aromatic N) is 2. The average Bonchev–Trinajstić information content (AvgIpc) is 2.87. The quantitative estimate of drug-likeness (QED) is 0.859. The zero-order valence-corrected chi connectivity index (χ0v) is 10.1. The van der Waals surface area contributed by atoms with Gasteiger partial charge >= 0.3 is 0 Å². The van der Waals surface area contributed by atoms with Crippen molar-refractivity contribution in [2.45, 2.75) is 31.8 Å². The lowest BCUT2D eigenvalue weighted by atomic mass is 10.0. The molecule has 0 bridgehead atoms. The van der Waals surface area contributed by atoms with Crippen LogP contribution in [0.25, 0.3) is 11.0 Å². The van der Waals surface area contributed by atoms with Crippen molar-refractivity contribution in [1.82, 2.24) is 9.55 Å². The van der Waals surface area contributed by atoms with Crippen LogP contribution in [-0.4, -0.2) is 20.8 Å². The van der Waals surface area contributed by atoms with Crippen molar-refractivity contribution in [3.63, 3.8) is 0 Å². The van der Waals surface area contributed by atoms with Crippen LogP contribution in [0.1, 0.15) is 25.1 Å². The third-order valence-corrected chi connectivity index (χ3v) is 3.94. The minimum atomic E-state index is -0.130. The van der Waals surface area contributed by atoms with Crippen LogP contribution in [0.15, 0.2) is 24.3 Å². The maximum absolute atomic E-state index is 9.88. The summed E-state index contributed by atoms with van der Waals surface area (Å²) < 4.78 is 2.15. The molecule has 1 N–H and O–H groups in total. The van der Waals surface area contributed by atoms with Crippen LogP contribution in [-0.2, 0) is 13.5 Å². The molecule has 90 valence electrons. The fraction of sp³-hybridized carbons (Fsp3) is 0.500. The first kappa shape index (κ1) is 10.8. The summed E-state index contributed by atoms with van der Waals surface area (Å²) in [7, 11) is 2.06. The molecular weight excluding hydrogens is 212 g/mol. The Kier molecular flexibility index (Phi) is 2.63. The third-order valence-electron chi connectivity index (χ3n) is 3.94. The molecule has 0 amide bonds. The maximum Gasteiger partial charge on any atom is 0.109 e. The fourth-order valence-corrected chi connectivity index (χ4v) is 2.87. The van der Waals surface area contributed by atoms with Gasteiger partial charge in [-0.15, -0.1) is 0 Å². The lowest BCUT2D eigenvalue weighted by molar-refractivity contribution is 0.131. The Bertz CT molecular complexity index is 532. The highest BCUT2D eigenvalue weighted by Crippen LogP contribution is 2.29. The minimum Gasteiger partial charge on any atom is -0.393 e. The van der Waals surface area contributed by atoms with Crippen LogP contribution in [0.2, 0.25) is 0 Å². The Hall–Kier alpha value is -1.35. The number of benzene rings is 1. The molecule has 17 heavy (non-hydrogen) atoms. The van der Waals surface area contributed by atoms with E-state index in [1.54, 1.807) is 0 Å². The fourth-order valence-electron chi connectivity index (χ4n) is 2.87. The highest BCUT2D eigenvalue weighted by molar-refractivity contribution is 5.75. The molecule has 0 saturated heterocycles. The lowest BCUT2D eigenvalue weighted by Crippen LogP contribution is -2.17. The van der Waals surface area contributed by atoms with Crippen LogP contribution in [0, 0.1) is 5.92 Å². The molecule has 2 unspecified atom stereocenters. The Morgan fingerprint density at radius 1 is 1.35 bits per heavy atom. The monoisotopic (exact) mass is 230 g/mol. The van der Waals surface area contributed by atoms with Crippen molar-refractivity contribution in [2.75, 3.05) is 0 Å². The van der Waals surface area contributed by atoms with Crippen LogP contribution in [0.4, 0.5) is 0 Å². The van der Waals surface area contributed by atoms with Gasteiger partial charge in [-0.1, -0.05) is 18.6 Å². The number of rotatable bonds is 2. The zero-order chi connectivity index (χ0) is 11.8. The summed E-state index contributed by atoms with van der Waals surface area (Å²) in [6.45, 7) is 0. The van der Waals surface area contributed by atoms with Crippen LogP contribution >= 0.6 is 0 Å². The van der Waals surface area contributed by atoms with E-state index in [1.165, 1.54) is 5.52 Å². The first-order chi connectivity index (χ1) is 8.25. The number of imidazole rings is 1. The second kappa shape index (κ2) is 4.15. The van der Waals surface area contributed by atoms with E-state index in [9.17, 15) is 5.11 Å². The van der Waals surface area contributed by atoms with E-state index < -0.39 is 0 Å². The summed E-state index contributed by atoms with van der Waals surface area (Å²) >= 11 is 0. The van der Waals surface area contributed by atoms with Gasteiger partial charge in [0.25, 0.3) is 0 Å². The molecule has 1 heterocycles. The summed E-state index contributed by atoms with van der Waals surface area (Å²) in [5.74, 6) is 1.49. The van der Waals surface area contributed by atoms with Crippen LogP contribution < -0.4 is 0 Å². The molecular formula is C14H18N2O. The van der Waals surface area contributed by atoms with Gasteiger partial charge < -0.3 is 9.67 Å². The number of hydrogen-bond acceptors (Lipinski definition) is 2. The summed E-state index contributed by atoms with van der Waals surface area (Å²) in [4.78, 5) is 4.66. The van der Waals surface area contributed by atoms with E-state index in [-0.39, 0.29) is 6.10 Å². The highest BCUT2D eigenvalue weighted by Gasteiger charge is 2.26. The first-order valence-corrected chi connectivity index (χ1v) is 6.34. The molecule has 3 nitrogen and oxygen atoms in total. The van der Waals surface area contributed by atoms with Crippen molar-refractivity contribution in [2.24, 2.45) is 13.0 Å². The number of aryl methyl sites for hydroxylation is 1. The van der Waals surface area contributed by atoms with E-state index in [4.69, 9.17) is 0 Å². The van der Waals surface area contributed by atoms with Gasteiger partial charge in [0.05, 0.1) is 17.1 Å². The largest absolute Gasteiger partial charge is 0.393 e. The Morgan fingerprint density at radius 2 is 2.18 bits per heavy atom. The lowest BCUT2D eigenvalue weighted by Gasteiger charge is -2.13. The van der Waals surface area contributed by atoms with Crippen molar-refractivity contribution in [3.8, 4) is 0 Å². The average molecular weight is 230 g/mol. The SMILES string of the molecule is Cn1c(CC2CCCC2O)nc2ccccc21. The predicted octanol–water partition coefficient (Wildman–Crippen LogP) is 2.28. The summed E-state index contributed by atoms with van der Waals surface area (Å²) in [6, 6.07) is 8.20. The number of fused-ring (bicyclic) bond motifs is 1. The zero-order valence-electron chi connectivity index (χ0n) is 10.1. The van der Waals surface area contributed by atoms with E-state index in [2.05, 4.69) is 22.7 Å². The van der Waals surface area contributed by atoms with Crippen molar-refractivity contribution >= 4 is 11.0 Å². The molecule has 2 atom stereocenters. The molecule has 1 aromatic carbocycles. The van der Waals surface area contributed by atoms with Gasteiger partial charge in [0.1, 0.15) is 5.82 Å². The standard InChI is InChI=1S/C14H18N2O/c1-16-12-7-3-2-6-11(12)15-14(16)9-10-5-4-8-13(10)17/h2-3,6-7,10,13,17H,4-5,8-9H2,1H3. The molecule has 0 spiro atoms. The Morgan fingerprint density at radius 3 is 2.88 bits per heavy atom. The third kappa shape index (κ3) is 1.84. The van der Waals surface area contributed by atoms with Crippen LogP contribution in [0.5, 0.6) is 0 Å². The molecule has 3 rings (SSSR count). The number of aliphatic hydroxyl groups is 1. The summed E-state index contributed by atoms with van der Waals surface area (Å²) in [5.41, 5.74) is 2.23. The number of aliphatic hydroxyl groups excluding tert-OH is 1. The van der Waals surface area contributed by atoms with E-state index in [0.29, 0.717) is 5.92 Å². The van der Waals surface area contributed by atoms with Gasteiger partial charge in [-0.25, -0.2) is 4.98 Å². The molecule has 0 aliphatic heterocycles. The molecule has 1 aliphatic carbocycles. The molecule has 1 aromatic heterocycles. The van der Waals surface area contributed by atoms with E-state index in [1.807, 2.05) is 18.2 Å². The number of aromatic nitrogens is 2. The van der Waals surface area contributed by atoms with E-state index in [0.717, 1.165) is 37.0 Å². The minimum absolute atomic E-state index is 0.130. The molecule has 1 fully saturated rings. The van der Waals surface area contributed by atoms with Crippen molar-refractivity contribution < 1.29 is 5.11 Å². The van der Waals surface area contributed by atoms with Gasteiger partial charge in [0.2, 0.25) is 0 Å². The van der Waals surface area contributed by atoms with Gasteiger partial charge in [-0.05, 0) is 30.9 Å². The topological polar surface area (TPSA) is 38.0 Å². The second-order valence-corrected chi connectivity index (χ2v) is 5.04. The Balaban J connectivity index is 1.92. The molecule has 1 saturated carbocycles. The first-order valence-electron chi connectivity index (χ1n) is 6.34. The summed E-state index contributed by atoms with van der Waals surface area (Å²) in [6.07, 6.45) is 4.00. The number of para-hydroxylation sites is 2. The van der Waals surface area contributed by atoms with Crippen LogP contribution in [0.3, 0.4) is 0 Å². The van der Waals surface area contributed by atoms with Crippen molar-refractivity contribution in [1.29, 1.82) is 0 Å². The van der Waals surface area contributed by atoms with Crippen molar-refractivity contribution in [3.05, 3.63) is 30.1 Å². The normalized spacial score (nSPS) is 24.6. The second-order valence-electron chi connectivity index (χ2n) is 5.04.